The Balaban J connectivity index is 2.27. The number of rotatable bonds is 5. The highest BCUT2D eigenvalue weighted by Gasteiger charge is 2.17. The van der Waals surface area contributed by atoms with Crippen LogP contribution in [0.5, 0.6) is 5.75 Å². The molecule has 2 rings (SSSR count). The van der Waals surface area contributed by atoms with Crippen LogP contribution in [0.25, 0.3) is 0 Å². The number of ether oxygens (including phenoxy) is 1. The first-order valence-electron chi connectivity index (χ1n) is 6.91. The molecule has 1 atom stereocenters. The summed E-state index contributed by atoms with van der Waals surface area (Å²) >= 11 is 0. The molecular weight excluding hydrogens is 252 g/mol. The summed E-state index contributed by atoms with van der Waals surface area (Å²) < 4.78 is 7.21. The summed E-state index contributed by atoms with van der Waals surface area (Å²) in [4.78, 5) is 0. The molecule has 0 saturated carbocycles. The number of benzene rings is 1. The molecule has 108 valence electrons. The van der Waals surface area contributed by atoms with Crippen molar-refractivity contribution in [1.29, 1.82) is 0 Å². The van der Waals surface area contributed by atoms with E-state index in [1.165, 1.54) is 0 Å². The first-order valence-corrected chi connectivity index (χ1v) is 6.91. The molecule has 0 amide bonds. The van der Waals surface area contributed by atoms with Crippen molar-refractivity contribution in [3.63, 3.8) is 0 Å². The Kier molecular flexibility index (Phi) is 4.45. The van der Waals surface area contributed by atoms with Crippen molar-refractivity contribution in [3.8, 4) is 5.75 Å². The molecule has 1 N–H and O–H groups in total. The van der Waals surface area contributed by atoms with Gasteiger partial charge in [-0.3, -0.25) is 4.68 Å². The van der Waals surface area contributed by atoms with Gasteiger partial charge in [0.05, 0.1) is 24.6 Å². The second-order valence-electron chi connectivity index (χ2n) is 5.06. The molecule has 4 heteroatoms. The molecule has 0 spiro atoms. The van der Waals surface area contributed by atoms with Gasteiger partial charge in [-0.2, -0.15) is 5.10 Å². The molecule has 1 unspecified atom stereocenters. The van der Waals surface area contributed by atoms with E-state index in [1.807, 2.05) is 43.7 Å². The number of aryl methyl sites for hydroxylation is 3. The first kappa shape index (κ1) is 14.6. The highest BCUT2D eigenvalue weighted by atomic mass is 16.5. The molecule has 0 saturated heterocycles. The lowest BCUT2D eigenvalue weighted by Crippen LogP contribution is -2.10. The van der Waals surface area contributed by atoms with E-state index in [2.05, 4.69) is 11.2 Å². The van der Waals surface area contributed by atoms with Crippen molar-refractivity contribution in [3.05, 3.63) is 46.8 Å². The van der Waals surface area contributed by atoms with Crippen LogP contribution >= 0.6 is 0 Å². The lowest BCUT2D eigenvalue weighted by molar-refractivity contribution is 0.166. The van der Waals surface area contributed by atoms with E-state index in [9.17, 15) is 5.11 Å². The number of hydrogen-bond donors (Lipinski definition) is 1. The van der Waals surface area contributed by atoms with E-state index in [0.717, 1.165) is 34.8 Å². The highest BCUT2D eigenvalue weighted by Crippen LogP contribution is 2.26. The number of methoxy groups -OCH3 is 1. The monoisotopic (exact) mass is 274 g/mol. The average Bonchev–Trinajstić information content (AvgIpc) is 2.80. The number of aliphatic hydroxyl groups excluding tert-OH is 1. The van der Waals surface area contributed by atoms with Gasteiger partial charge in [-0.15, -0.1) is 0 Å². The fourth-order valence-corrected chi connectivity index (χ4v) is 2.47. The van der Waals surface area contributed by atoms with Gasteiger partial charge in [0.25, 0.3) is 0 Å². The van der Waals surface area contributed by atoms with E-state index in [4.69, 9.17) is 4.74 Å². The minimum atomic E-state index is -0.577. The van der Waals surface area contributed by atoms with Crippen molar-refractivity contribution < 1.29 is 9.84 Å². The normalized spacial score (nSPS) is 12.4. The fourth-order valence-electron chi connectivity index (χ4n) is 2.47. The molecule has 0 aliphatic carbocycles. The van der Waals surface area contributed by atoms with Crippen molar-refractivity contribution >= 4 is 0 Å². The molecule has 20 heavy (non-hydrogen) atoms. The van der Waals surface area contributed by atoms with Crippen LogP contribution in [0.4, 0.5) is 0 Å². The molecular formula is C16H22N2O2. The third-order valence-electron chi connectivity index (χ3n) is 3.42. The zero-order valence-electron chi connectivity index (χ0n) is 12.6. The molecule has 0 aliphatic rings. The Bertz CT molecular complexity index is 590. The van der Waals surface area contributed by atoms with E-state index in [1.54, 1.807) is 7.11 Å². The number of hydrogen-bond acceptors (Lipinski definition) is 3. The maximum absolute atomic E-state index is 10.5. The van der Waals surface area contributed by atoms with E-state index in [-0.39, 0.29) is 0 Å². The van der Waals surface area contributed by atoms with Crippen LogP contribution < -0.4 is 4.74 Å². The Labute approximate surface area is 120 Å². The molecule has 4 nitrogen and oxygen atoms in total. The van der Waals surface area contributed by atoms with Crippen molar-refractivity contribution in [1.82, 2.24) is 9.78 Å². The molecule has 1 heterocycles. The molecule has 0 radical (unpaired) electrons. The Morgan fingerprint density at radius 1 is 1.30 bits per heavy atom. The van der Waals surface area contributed by atoms with E-state index < -0.39 is 6.10 Å². The van der Waals surface area contributed by atoms with Gasteiger partial charge in [-0.25, -0.2) is 0 Å². The maximum Gasteiger partial charge on any atom is 0.122 e. The number of aromatic nitrogens is 2. The van der Waals surface area contributed by atoms with Gasteiger partial charge in [-0.1, -0.05) is 17.7 Å². The minimum absolute atomic E-state index is 0.524. The van der Waals surface area contributed by atoms with Crippen LogP contribution in [-0.2, 0) is 13.0 Å². The maximum atomic E-state index is 10.5. The zero-order valence-corrected chi connectivity index (χ0v) is 12.6. The van der Waals surface area contributed by atoms with Gasteiger partial charge in [-0.05, 0) is 38.5 Å². The predicted molar refractivity (Wildman–Crippen MR) is 79.0 cm³/mol. The summed E-state index contributed by atoms with van der Waals surface area (Å²) in [5, 5.41) is 14.9. The van der Waals surface area contributed by atoms with Crippen LogP contribution in [0.2, 0.25) is 0 Å². The quantitative estimate of drug-likeness (QED) is 0.912. The fraction of sp³-hybridized carbons (Fsp3) is 0.438. The zero-order chi connectivity index (χ0) is 14.7. The van der Waals surface area contributed by atoms with Gasteiger partial charge in [0.2, 0.25) is 0 Å². The average molecular weight is 274 g/mol. The predicted octanol–water partition coefficient (Wildman–Crippen LogP) is 2.80. The highest BCUT2D eigenvalue weighted by molar-refractivity contribution is 5.37. The standard InChI is InChI=1S/C16H22N2O2/c1-5-18-14(9-12(3)17-18)15(19)10-13-8-11(2)6-7-16(13)20-4/h6-9,15,19H,5,10H2,1-4H3. The van der Waals surface area contributed by atoms with Crippen molar-refractivity contribution in [2.75, 3.05) is 7.11 Å². The van der Waals surface area contributed by atoms with Gasteiger partial charge < -0.3 is 9.84 Å². The third kappa shape index (κ3) is 3.02. The van der Waals surface area contributed by atoms with E-state index in [0.29, 0.717) is 6.42 Å². The molecule has 0 aliphatic heterocycles. The van der Waals surface area contributed by atoms with Gasteiger partial charge >= 0.3 is 0 Å². The van der Waals surface area contributed by atoms with Gasteiger partial charge in [0.15, 0.2) is 0 Å². The third-order valence-corrected chi connectivity index (χ3v) is 3.42. The Hall–Kier alpha value is -1.81. The molecule has 2 aromatic rings. The molecule has 1 aromatic heterocycles. The Morgan fingerprint density at radius 3 is 2.70 bits per heavy atom. The molecule has 1 aromatic carbocycles. The summed E-state index contributed by atoms with van der Waals surface area (Å²) in [5.41, 5.74) is 3.96. The van der Waals surface area contributed by atoms with Crippen LogP contribution in [-0.4, -0.2) is 22.0 Å². The molecule has 0 bridgehead atoms. The summed E-state index contributed by atoms with van der Waals surface area (Å²) in [5.74, 6) is 0.814. The number of aliphatic hydroxyl groups is 1. The Morgan fingerprint density at radius 2 is 2.05 bits per heavy atom. The lowest BCUT2D eigenvalue weighted by atomic mass is 10.0. The van der Waals surface area contributed by atoms with Crippen LogP contribution in [0.3, 0.4) is 0 Å². The molecule has 0 fully saturated rings. The largest absolute Gasteiger partial charge is 0.496 e. The SMILES string of the molecule is CCn1nc(C)cc1C(O)Cc1cc(C)ccc1OC. The van der Waals surface area contributed by atoms with Crippen LogP contribution in [0, 0.1) is 13.8 Å². The summed E-state index contributed by atoms with van der Waals surface area (Å²) in [6.07, 6.45) is -0.0532. The number of nitrogens with zero attached hydrogens (tertiary/aromatic N) is 2. The van der Waals surface area contributed by atoms with Crippen LogP contribution in [0.1, 0.15) is 35.5 Å². The van der Waals surface area contributed by atoms with E-state index >= 15 is 0 Å². The van der Waals surface area contributed by atoms with Crippen molar-refractivity contribution in [2.24, 2.45) is 0 Å². The summed E-state index contributed by atoms with van der Waals surface area (Å²) in [6.45, 7) is 6.76. The van der Waals surface area contributed by atoms with Crippen molar-refractivity contribution in [2.45, 2.75) is 39.8 Å². The minimum Gasteiger partial charge on any atom is -0.496 e. The first-order chi connectivity index (χ1) is 9.55. The summed E-state index contributed by atoms with van der Waals surface area (Å²) in [6, 6.07) is 7.95. The lowest BCUT2D eigenvalue weighted by Gasteiger charge is -2.15. The van der Waals surface area contributed by atoms with Gasteiger partial charge in [0.1, 0.15) is 5.75 Å². The summed E-state index contributed by atoms with van der Waals surface area (Å²) in [7, 11) is 1.65. The second-order valence-corrected chi connectivity index (χ2v) is 5.06. The topological polar surface area (TPSA) is 47.3 Å². The van der Waals surface area contributed by atoms with Gasteiger partial charge in [0, 0.05) is 13.0 Å². The van der Waals surface area contributed by atoms with Crippen LogP contribution in [0.15, 0.2) is 24.3 Å². The second kappa shape index (κ2) is 6.09. The smallest absolute Gasteiger partial charge is 0.122 e.